The highest BCUT2D eigenvalue weighted by molar-refractivity contribution is 8.00. The molecule has 1 aromatic heterocycles. The molecule has 0 saturated heterocycles. The Morgan fingerprint density at radius 1 is 1.20 bits per heavy atom. The molecule has 0 radical (unpaired) electrons. The zero-order valence-electron chi connectivity index (χ0n) is 10.4. The minimum atomic E-state index is -0.918. The van der Waals surface area contributed by atoms with Gasteiger partial charge in [0.05, 0.1) is 15.8 Å². The Bertz CT molecular complexity index is 753. The number of thioether (sulfide) groups is 1. The van der Waals surface area contributed by atoms with Crippen molar-refractivity contribution in [2.75, 3.05) is 0 Å². The second-order valence-electron chi connectivity index (χ2n) is 4.24. The standard InChI is InChI=1S/C15H11NO2S2/c17-14(18)11-6-7-13-12(8-11)16-15(20-13)19-9-10-4-2-1-3-5-10/h1-8H,9H2,(H,17,18). The van der Waals surface area contributed by atoms with Crippen LogP contribution in [0.1, 0.15) is 15.9 Å². The first-order valence-electron chi connectivity index (χ1n) is 6.03. The molecule has 0 aliphatic rings. The van der Waals surface area contributed by atoms with Gasteiger partial charge in [0, 0.05) is 5.75 Å². The summed E-state index contributed by atoms with van der Waals surface area (Å²) in [5.41, 5.74) is 2.29. The molecule has 0 aliphatic heterocycles. The lowest BCUT2D eigenvalue weighted by atomic mass is 10.2. The van der Waals surface area contributed by atoms with Crippen molar-refractivity contribution in [1.29, 1.82) is 0 Å². The molecule has 20 heavy (non-hydrogen) atoms. The molecule has 3 rings (SSSR count). The molecule has 3 nitrogen and oxygen atoms in total. The molecule has 0 aliphatic carbocycles. The molecule has 100 valence electrons. The normalized spacial score (nSPS) is 10.8. The van der Waals surface area contributed by atoms with E-state index in [0.29, 0.717) is 0 Å². The van der Waals surface area contributed by atoms with Crippen LogP contribution in [0.3, 0.4) is 0 Å². The fraction of sp³-hybridized carbons (Fsp3) is 0.0667. The van der Waals surface area contributed by atoms with Crippen molar-refractivity contribution in [3.63, 3.8) is 0 Å². The Morgan fingerprint density at radius 2 is 2.00 bits per heavy atom. The van der Waals surface area contributed by atoms with E-state index in [2.05, 4.69) is 17.1 Å². The largest absolute Gasteiger partial charge is 0.478 e. The van der Waals surface area contributed by atoms with Gasteiger partial charge in [-0.3, -0.25) is 0 Å². The van der Waals surface area contributed by atoms with E-state index in [0.717, 1.165) is 20.3 Å². The van der Waals surface area contributed by atoms with E-state index in [1.807, 2.05) is 24.3 Å². The minimum Gasteiger partial charge on any atom is -0.478 e. The number of aromatic nitrogens is 1. The monoisotopic (exact) mass is 301 g/mol. The molecule has 0 saturated carbocycles. The quantitative estimate of drug-likeness (QED) is 0.730. The average Bonchev–Trinajstić information content (AvgIpc) is 2.88. The highest BCUT2D eigenvalue weighted by atomic mass is 32.2. The molecule has 0 unspecified atom stereocenters. The molecule has 0 spiro atoms. The molecule has 0 bridgehead atoms. The van der Waals surface area contributed by atoms with E-state index in [1.165, 1.54) is 5.56 Å². The van der Waals surface area contributed by atoms with E-state index in [9.17, 15) is 4.79 Å². The Balaban J connectivity index is 1.80. The molecule has 0 atom stereocenters. The van der Waals surface area contributed by atoms with Gasteiger partial charge in [0.2, 0.25) is 0 Å². The van der Waals surface area contributed by atoms with Gasteiger partial charge < -0.3 is 5.11 Å². The van der Waals surface area contributed by atoms with Crippen molar-refractivity contribution >= 4 is 39.3 Å². The molecule has 3 aromatic rings. The van der Waals surface area contributed by atoms with Crippen molar-refractivity contribution in [2.45, 2.75) is 10.1 Å². The maximum Gasteiger partial charge on any atom is 0.335 e. The Kier molecular flexibility index (Phi) is 3.71. The minimum absolute atomic E-state index is 0.280. The third kappa shape index (κ3) is 2.84. The van der Waals surface area contributed by atoms with Gasteiger partial charge in [-0.2, -0.15) is 0 Å². The van der Waals surface area contributed by atoms with Crippen molar-refractivity contribution in [3.8, 4) is 0 Å². The number of carboxylic acid groups (broad SMARTS) is 1. The summed E-state index contributed by atoms with van der Waals surface area (Å²) < 4.78 is 1.98. The van der Waals surface area contributed by atoms with Crippen molar-refractivity contribution in [2.24, 2.45) is 0 Å². The fourth-order valence-electron chi connectivity index (χ4n) is 1.82. The molecular formula is C15H11NO2S2. The van der Waals surface area contributed by atoms with E-state index in [1.54, 1.807) is 35.2 Å². The number of hydrogen-bond acceptors (Lipinski definition) is 4. The van der Waals surface area contributed by atoms with E-state index >= 15 is 0 Å². The van der Waals surface area contributed by atoms with Crippen LogP contribution >= 0.6 is 23.1 Å². The summed E-state index contributed by atoms with van der Waals surface area (Å²) in [5.74, 6) is -0.0506. The third-order valence-electron chi connectivity index (χ3n) is 2.82. The number of rotatable bonds is 4. The van der Waals surface area contributed by atoms with Gasteiger partial charge in [0.25, 0.3) is 0 Å². The van der Waals surface area contributed by atoms with Crippen molar-refractivity contribution in [3.05, 3.63) is 59.7 Å². The predicted molar refractivity (Wildman–Crippen MR) is 82.6 cm³/mol. The number of benzene rings is 2. The van der Waals surface area contributed by atoms with Gasteiger partial charge in [0.15, 0.2) is 4.34 Å². The van der Waals surface area contributed by atoms with Crippen LogP contribution in [0.25, 0.3) is 10.2 Å². The van der Waals surface area contributed by atoms with Crippen LogP contribution in [0.4, 0.5) is 0 Å². The van der Waals surface area contributed by atoms with Crippen LogP contribution in [0.15, 0.2) is 52.9 Å². The summed E-state index contributed by atoms with van der Waals surface area (Å²) in [6.45, 7) is 0. The van der Waals surface area contributed by atoms with Gasteiger partial charge in [0.1, 0.15) is 0 Å². The summed E-state index contributed by atoms with van der Waals surface area (Å²) in [5, 5.41) is 8.97. The average molecular weight is 301 g/mol. The second-order valence-corrected chi connectivity index (χ2v) is 6.49. The first-order valence-corrected chi connectivity index (χ1v) is 7.83. The smallest absolute Gasteiger partial charge is 0.335 e. The Morgan fingerprint density at radius 3 is 2.75 bits per heavy atom. The first-order chi connectivity index (χ1) is 9.72. The lowest BCUT2D eigenvalue weighted by Crippen LogP contribution is -1.94. The molecule has 1 N–H and O–H groups in total. The molecular weight excluding hydrogens is 290 g/mol. The van der Waals surface area contributed by atoms with Crippen LogP contribution in [-0.2, 0) is 5.75 Å². The highest BCUT2D eigenvalue weighted by Crippen LogP contribution is 2.31. The van der Waals surface area contributed by atoms with Gasteiger partial charge in [-0.25, -0.2) is 9.78 Å². The summed E-state index contributed by atoms with van der Waals surface area (Å²) in [6, 6.07) is 15.3. The van der Waals surface area contributed by atoms with Crippen LogP contribution in [0, 0.1) is 0 Å². The zero-order chi connectivity index (χ0) is 13.9. The summed E-state index contributed by atoms with van der Waals surface area (Å²) in [7, 11) is 0. The van der Waals surface area contributed by atoms with E-state index in [4.69, 9.17) is 5.11 Å². The molecule has 1 heterocycles. The van der Waals surface area contributed by atoms with Crippen LogP contribution in [-0.4, -0.2) is 16.1 Å². The molecule has 5 heteroatoms. The number of aromatic carboxylic acids is 1. The summed E-state index contributed by atoms with van der Waals surface area (Å²) in [6.07, 6.45) is 0. The Hall–Kier alpha value is -1.85. The molecule has 0 amide bonds. The van der Waals surface area contributed by atoms with Crippen molar-refractivity contribution in [1.82, 2.24) is 4.98 Å². The van der Waals surface area contributed by atoms with E-state index in [-0.39, 0.29) is 5.56 Å². The van der Waals surface area contributed by atoms with Crippen LogP contribution in [0.5, 0.6) is 0 Å². The lowest BCUT2D eigenvalue weighted by Gasteiger charge is -1.97. The number of fused-ring (bicyclic) bond motifs is 1. The summed E-state index contributed by atoms with van der Waals surface area (Å²) in [4.78, 5) is 15.4. The van der Waals surface area contributed by atoms with Crippen molar-refractivity contribution < 1.29 is 9.90 Å². The maximum absolute atomic E-state index is 10.9. The topological polar surface area (TPSA) is 50.2 Å². The number of carboxylic acids is 1. The lowest BCUT2D eigenvalue weighted by molar-refractivity contribution is 0.0697. The van der Waals surface area contributed by atoms with Gasteiger partial charge >= 0.3 is 5.97 Å². The summed E-state index contributed by atoms with van der Waals surface area (Å²) >= 11 is 3.27. The van der Waals surface area contributed by atoms with E-state index < -0.39 is 5.97 Å². The number of hydrogen-bond donors (Lipinski definition) is 1. The van der Waals surface area contributed by atoms with Crippen LogP contribution < -0.4 is 0 Å². The zero-order valence-corrected chi connectivity index (χ0v) is 12.1. The number of nitrogens with zero attached hydrogens (tertiary/aromatic N) is 1. The fourth-order valence-corrected chi connectivity index (χ4v) is 3.83. The second kappa shape index (κ2) is 5.64. The SMILES string of the molecule is O=C(O)c1ccc2sc(SCc3ccccc3)nc2c1. The number of carbonyl (C=O) groups is 1. The predicted octanol–water partition coefficient (Wildman–Crippen LogP) is 4.29. The Labute approximate surface area is 124 Å². The first kappa shape index (κ1) is 13.1. The van der Waals surface area contributed by atoms with Crippen LogP contribution in [0.2, 0.25) is 0 Å². The van der Waals surface area contributed by atoms with Gasteiger partial charge in [-0.15, -0.1) is 11.3 Å². The molecule has 2 aromatic carbocycles. The number of thiazole rings is 1. The maximum atomic E-state index is 10.9. The highest BCUT2D eigenvalue weighted by Gasteiger charge is 2.08. The van der Waals surface area contributed by atoms with Gasteiger partial charge in [-0.05, 0) is 23.8 Å². The third-order valence-corrected chi connectivity index (χ3v) is 5.07. The molecule has 0 fully saturated rings. The van der Waals surface area contributed by atoms with Gasteiger partial charge in [-0.1, -0.05) is 42.1 Å².